The maximum atomic E-state index is 9.83. The summed E-state index contributed by atoms with van der Waals surface area (Å²) >= 11 is 6.35. The minimum Gasteiger partial charge on any atom is -0.389 e. The average molecular weight is 330 g/mol. The molecule has 0 unspecified atom stereocenters. The van der Waals surface area contributed by atoms with E-state index in [9.17, 15) is 10.2 Å². The van der Waals surface area contributed by atoms with Gasteiger partial charge in [0.1, 0.15) is 17.4 Å². The average Bonchev–Trinajstić information content (AvgIpc) is 3.07. The normalized spacial score (nSPS) is 21.2. The number of β-amino-alcohol motifs (C(OH)–C–C–N with tert-alkyl or cyclic N) is 2. The lowest BCUT2D eigenvalue weighted by Crippen LogP contribution is -2.22. The quantitative estimate of drug-likeness (QED) is 0.618. The molecular formula is C15H12ClN5O2. The third-order valence-electron chi connectivity index (χ3n) is 4.12. The first-order chi connectivity index (χ1) is 11.1. The van der Waals surface area contributed by atoms with Gasteiger partial charge in [-0.1, -0.05) is 11.6 Å². The molecule has 0 amide bonds. The summed E-state index contributed by atoms with van der Waals surface area (Å²) in [4.78, 5) is 13.3. The number of nitriles is 1. The third kappa shape index (κ3) is 2.11. The molecule has 0 aliphatic carbocycles. The number of aliphatic hydroxyl groups is 2. The molecule has 0 saturated carbocycles. The topological polar surface area (TPSA) is 109 Å². The van der Waals surface area contributed by atoms with Gasteiger partial charge < -0.3 is 20.1 Å². The highest BCUT2D eigenvalue weighted by Gasteiger charge is 2.32. The zero-order valence-electron chi connectivity index (χ0n) is 11.9. The fourth-order valence-electron chi connectivity index (χ4n) is 3.04. The van der Waals surface area contributed by atoms with Gasteiger partial charge >= 0.3 is 0 Å². The zero-order chi connectivity index (χ0) is 16.1. The molecule has 3 N–H and O–H groups in total. The van der Waals surface area contributed by atoms with Gasteiger partial charge in [-0.2, -0.15) is 5.26 Å². The van der Waals surface area contributed by atoms with Crippen LogP contribution in [0.25, 0.3) is 21.9 Å². The predicted octanol–water partition coefficient (Wildman–Crippen LogP) is 1.18. The monoisotopic (exact) mass is 329 g/mol. The lowest BCUT2D eigenvalue weighted by Gasteiger charge is -2.20. The number of H-pyrrole nitrogens is 1. The highest BCUT2D eigenvalue weighted by molar-refractivity contribution is 6.35. The Morgan fingerprint density at radius 1 is 1.26 bits per heavy atom. The van der Waals surface area contributed by atoms with Crippen molar-refractivity contribution in [2.75, 3.05) is 18.0 Å². The number of hydrogen-bond acceptors (Lipinski definition) is 6. The van der Waals surface area contributed by atoms with Crippen LogP contribution in [0, 0.1) is 11.3 Å². The van der Waals surface area contributed by atoms with E-state index in [0.717, 1.165) is 16.3 Å². The van der Waals surface area contributed by atoms with E-state index in [1.807, 2.05) is 11.0 Å². The Bertz CT molecular complexity index is 954. The van der Waals surface area contributed by atoms with Crippen molar-refractivity contribution in [1.29, 1.82) is 5.26 Å². The van der Waals surface area contributed by atoms with Crippen LogP contribution in [-0.2, 0) is 0 Å². The molecule has 7 nitrogen and oxygen atoms in total. The minimum absolute atomic E-state index is 0.281. The molecule has 4 rings (SSSR count). The molecule has 1 aliphatic heterocycles. The van der Waals surface area contributed by atoms with E-state index >= 15 is 0 Å². The molecule has 1 aliphatic rings. The number of halogens is 1. The Balaban J connectivity index is 2.02. The van der Waals surface area contributed by atoms with Crippen molar-refractivity contribution < 1.29 is 10.2 Å². The van der Waals surface area contributed by atoms with Crippen LogP contribution < -0.4 is 4.90 Å². The fourth-order valence-corrected chi connectivity index (χ4v) is 3.30. The van der Waals surface area contributed by atoms with E-state index in [4.69, 9.17) is 16.9 Å². The largest absolute Gasteiger partial charge is 0.389 e. The Morgan fingerprint density at radius 3 is 2.70 bits per heavy atom. The number of aromatic amines is 1. The Morgan fingerprint density at radius 2 is 2.00 bits per heavy atom. The van der Waals surface area contributed by atoms with Gasteiger partial charge in [-0.05, 0) is 6.07 Å². The Kier molecular flexibility index (Phi) is 3.13. The number of aromatic nitrogens is 3. The van der Waals surface area contributed by atoms with Gasteiger partial charge in [-0.25, -0.2) is 9.97 Å². The van der Waals surface area contributed by atoms with Crippen LogP contribution in [-0.4, -0.2) is 50.5 Å². The number of nitrogens with one attached hydrogen (secondary N) is 1. The molecule has 2 atom stereocenters. The summed E-state index contributed by atoms with van der Waals surface area (Å²) in [5.74, 6) is 0. The molecule has 0 aromatic carbocycles. The molecule has 23 heavy (non-hydrogen) atoms. The molecule has 0 spiro atoms. The number of nitrogens with zero attached hydrogens (tertiary/aromatic N) is 4. The van der Waals surface area contributed by atoms with E-state index < -0.39 is 12.2 Å². The van der Waals surface area contributed by atoms with Gasteiger partial charge in [0.05, 0.1) is 46.2 Å². The SMILES string of the molecule is N#Cc1cc2c(cn1)[nH]c1ncc(Cl)c(N3C[C@@H](O)[C@H](O)C3)c12. The number of pyridine rings is 2. The van der Waals surface area contributed by atoms with Crippen LogP contribution in [0.1, 0.15) is 5.69 Å². The summed E-state index contributed by atoms with van der Waals surface area (Å²) in [5.41, 5.74) is 2.35. The second-order valence-corrected chi connectivity index (χ2v) is 5.98. The lowest BCUT2D eigenvalue weighted by atomic mass is 10.1. The maximum absolute atomic E-state index is 9.83. The fraction of sp³-hybridized carbons (Fsp3) is 0.267. The number of fused-ring (bicyclic) bond motifs is 3. The molecule has 0 radical (unpaired) electrons. The number of hydrogen-bond donors (Lipinski definition) is 3. The van der Waals surface area contributed by atoms with E-state index in [1.54, 1.807) is 12.3 Å². The Hall–Kier alpha value is -2.40. The van der Waals surface area contributed by atoms with Crippen molar-refractivity contribution in [3.05, 3.63) is 29.2 Å². The molecule has 4 heterocycles. The van der Waals surface area contributed by atoms with Gasteiger partial charge in [0.2, 0.25) is 0 Å². The zero-order valence-corrected chi connectivity index (χ0v) is 12.6. The molecule has 116 valence electrons. The summed E-state index contributed by atoms with van der Waals surface area (Å²) in [6, 6.07) is 3.70. The van der Waals surface area contributed by atoms with Crippen LogP contribution in [0.5, 0.6) is 0 Å². The molecule has 1 fully saturated rings. The van der Waals surface area contributed by atoms with E-state index in [-0.39, 0.29) is 13.1 Å². The molecule has 0 bridgehead atoms. The van der Waals surface area contributed by atoms with Crippen LogP contribution in [0.2, 0.25) is 5.02 Å². The van der Waals surface area contributed by atoms with Crippen LogP contribution in [0.15, 0.2) is 18.5 Å². The van der Waals surface area contributed by atoms with Crippen molar-refractivity contribution in [1.82, 2.24) is 15.0 Å². The predicted molar refractivity (Wildman–Crippen MR) is 85.3 cm³/mol. The summed E-state index contributed by atoms with van der Waals surface area (Å²) in [5, 5.41) is 30.7. The molecular weight excluding hydrogens is 318 g/mol. The van der Waals surface area contributed by atoms with Crippen molar-refractivity contribution in [2.24, 2.45) is 0 Å². The van der Waals surface area contributed by atoms with Crippen LogP contribution in [0.3, 0.4) is 0 Å². The van der Waals surface area contributed by atoms with Crippen molar-refractivity contribution in [3.8, 4) is 6.07 Å². The minimum atomic E-state index is -0.823. The Labute approximate surface area is 135 Å². The number of rotatable bonds is 1. The van der Waals surface area contributed by atoms with E-state index in [2.05, 4.69) is 15.0 Å². The van der Waals surface area contributed by atoms with Gasteiger partial charge in [0.25, 0.3) is 0 Å². The molecule has 3 aromatic rings. The number of aliphatic hydroxyl groups excluding tert-OH is 2. The van der Waals surface area contributed by atoms with Gasteiger partial charge in [-0.15, -0.1) is 0 Å². The van der Waals surface area contributed by atoms with Crippen LogP contribution >= 0.6 is 11.6 Å². The summed E-state index contributed by atoms with van der Waals surface area (Å²) < 4.78 is 0. The standard InChI is InChI=1S/C15H12ClN5O2/c16-9-3-19-15-13(14(9)21-5-11(22)12(23)6-21)8-1-7(2-17)18-4-10(8)20-15/h1,3-4,11-12,22-23H,5-6H2,(H,19,20)/t11-,12-/m1/s1. The molecule has 1 saturated heterocycles. The first-order valence-electron chi connectivity index (χ1n) is 7.05. The third-order valence-corrected chi connectivity index (χ3v) is 4.40. The highest BCUT2D eigenvalue weighted by Crippen LogP contribution is 2.39. The van der Waals surface area contributed by atoms with Gasteiger partial charge in [0, 0.05) is 18.5 Å². The first kappa shape index (κ1) is 14.2. The lowest BCUT2D eigenvalue weighted by molar-refractivity contribution is 0.0572. The first-order valence-corrected chi connectivity index (χ1v) is 7.43. The summed E-state index contributed by atoms with van der Waals surface area (Å²) in [7, 11) is 0. The number of anilines is 1. The summed E-state index contributed by atoms with van der Waals surface area (Å²) in [6.07, 6.45) is 1.47. The van der Waals surface area contributed by atoms with Gasteiger partial charge in [-0.3, -0.25) is 0 Å². The molecule has 8 heteroatoms. The maximum Gasteiger partial charge on any atom is 0.141 e. The van der Waals surface area contributed by atoms with Crippen molar-refractivity contribution >= 4 is 39.2 Å². The van der Waals surface area contributed by atoms with Crippen LogP contribution in [0.4, 0.5) is 5.69 Å². The second-order valence-electron chi connectivity index (χ2n) is 5.57. The highest BCUT2D eigenvalue weighted by atomic mass is 35.5. The smallest absolute Gasteiger partial charge is 0.141 e. The van der Waals surface area contributed by atoms with E-state index in [1.165, 1.54) is 6.20 Å². The molecule has 3 aromatic heterocycles. The van der Waals surface area contributed by atoms with Crippen molar-refractivity contribution in [2.45, 2.75) is 12.2 Å². The van der Waals surface area contributed by atoms with E-state index in [0.29, 0.717) is 22.1 Å². The van der Waals surface area contributed by atoms with Crippen molar-refractivity contribution in [3.63, 3.8) is 0 Å². The second kappa shape index (κ2) is 5.06. The van der Waals surface area contributed by atoms with Gasteiger partial charge in [0.15, 0.2) is 0 Å². The summed E-state index contributed by atoms with van der Waals surface area (Å²) in [6.45, 7) is 0.561.